The van der Waals surface area contributed by atoms with Crippen molar-refractivity contribution in [2.75, 3.05) is 18.5 Å². The van der Waals surface area contributed by atoms with Gasteiger partial charge in [-0.15, -0.1) is 0 Å². The fourth-order valence-electron chi connectivity index (χ4n) is 1.37. The first kappa shape index (κ1) is 12.3. The van der Waals surface area contributed by atoms with E-state index in [-0.39, 0.29) is 0 Å². The van der Waals surface area contributed by atoms with E-state index < -0.39 is 0 Å². The Hall–Kier alpha value is -2.11. The second kappa shape index (κ2) is 6.00. The van der Waals surface area contributed by atoms with Crippen molar-refractivity contribution in [2.24, 2.45) is 0 Å². The number of nitrogens with zero attached hydrogens (tertiary/aromatic N) is 3. The molecule has 6 nitrogen and oxygen atoms in total. The van der Waals surface area contributed by atoms with Gasteiger partial charge in [0.05, 0.1) is 12.9 Å². The number of anilines is 1. The molecule has 18 heavy (non-hydrogen) atoms. The monoisotopic (exact) mass is 248 g/mol. The van der Waals surface area contributed by atoms with Crippen LogP contribution in [0.1, 0.15) is 20.3 Å². The molecule has 0 saturated carbocycles. The summed E-state index contributed by atoms with van der Waals surface area (Å²) in [5.74, 6) is 1.56. The molecule has 0 fully saturated rings. The lowest BCUT2D eigenvalue weighted by Gasteiger charge is -2.07. The van der Waals surface area contributed by atoms with Gasteiger partial charge in [-0.25, -0.2) is 0 Å². The summed E-state index contributed by atoms with van der Waals surface area (Å²) in [6.45, 7) is 5.31. The van der Waals surface area contributed by atoms with Gasteiger partial charge in [0.15, 0.2) is 5.76 Å². The fraction of sp³-hybridized carbons (Fsp3) is 0.417. The van der Waals surface area contributed by atoms with E-state index in [4.69, 9.17) is 9.15 Å². The molecule has 0 saturated heterocycles. The van der Waals surface area contributed by atoms with Crippen molar-refractivity contribution in [3.8, 4) is 17.6 Å². The number of nitrogens with one attached hydrogen (secondary N) is 1. The van der Waals surface area contributed by atoms with E-state index >= 15 is 0 Å². The van der Waals surface area contributed by atoms with Crippen molar-refractivity contribution in [3.63, 3.8) is 0 Å². The van der Waals surface area contributed by atoms with Crippen LogP contribution in [0.3, 0.4) is 0 Å². The first-order valence-electron chi connectivity index (χ1n) is 6.00. The smallest absolute Gasteiger partial charge is 0.321 e. The largest absolute Gasteiger partial charge is 0.463 e. The Morgan fingerprint density at radius 1 is 1.28 bits per heavy atom. The van der Waals surface area contributed by atoms with Gasteiger partial charge >= 0.3 is 6.01 Å². The Kier molecular flexibility index (Phi) is 4.11. The van der Waals surface area contributed by atoms with E-state index in [0.29, 0.717) is 30.2 Å². The lowest BCUT2D eigenvalue weighted by molar-refractivity contribution is 0.292. The molecule has 2 aromatic heterocycles. The van der Waals surface area contributed by atoms with Crippen LogP contribution in [0.2, 0.25) is 0 Å². The van der Waals surface area contributed by atoms with Crippen molar-refractivity contribution < 1.29 is 9.15 Å². The van der Waals surface area contributed by atoms with Gasteiger partial charge in [-0.2, -0.15) is 15.0 Å². The van der Waals surface area contributed by atoms with Crippen LogP contribution < -0.4 is 10.1 Å². The first-order valence-corrected chi connectivity index (χ1v) is 6.00. The van der Waals surface area contributed by atoms with Gasteiger partial charge < -0.3 is 14.5 Å². The summed E-state index contributed by atoms with van der Waals surface area (Å²) in [6.07, 6.45) is 2.48. The summed E-state index contributed by atoms with van der Waals surface area (Å²) in [6, 6.07) is 3.90. The van der Waals surface area contributed by atoms with Crippen LogP contribution in [0.25, 0.3) is 11.6 Å². The van der Waals surface area contributed by atoms with Gasteiger partial charge in [-0.1, -0.05) is 6.92 Å². The first-order chi connectivity index (χ1) is 8.83. The van der Waals surface area contributed by atoms with Crippen LogP contribution >= 0.6 is 0 Å². The highest BCUT2D eigenvalue weighted by Crippen LogP contribution is 2.19. The average Bonchev–Trinajstić information content (AvgIpc) is 2.90. The zero-order chi connectivity index (χ0) is 12.8. The maximum absolute atomic E-state index is 5.44. The number of furan rings is 1. The molecule has 0 aliphatic carbocycles. The molecule has 0 aliphatic heterocycles. The molecular weight excluding hydrogens is 232 g/mol. The predicted molar refractivity (Wildman–Crippen MR) is 67.5 cm³/mol. The highest BCUT2D eigenvalue weighted by molar-refractivity contribution is 5.49. The summed E-state index contributed by atoms with van der Waals surface area (Å²) >= 11 is 0. The quantitative estimate of drug-likeness (QED) is 0.846. The standard InChI is InChI=1S/C12H16N4O2/c1-3-7-18-12-15-10(9-6-5-8-17-9)14-11(16-12)13-4-2/h5-6,8H,3-4,7H2,1-2H3,(H,13,14,15,16). The minimum absolute atomic E-state index is 0.314. The minimum Gasteiger partial charge on any atom is -0.463 e. The van der Waals surface area contributed by atoms with Crippen molar-refractivity contribution in [3.05, 3.63) is 18.4 Å². The molecule has 2 rings (SSSR count). The van der Waals surface area contributed by atoms with Gasteiger partial charge in [0.25, 0.3) is 0 Å². The number of ether oxygens (including phenoxy) is 1. The van der Waals surface area contributed by atoms with Gasteiger partial charge in [0.2, 0.25) is 11.8 Å². The Bertz CT molecular complexity index is 485. The minimum atomic E-state index is 0.314. The highest BCUT2D eigenvalue weighted by Gasteiger charge is 2.10. The van der Waals surface area contributed by atoms with Gasteiger partial charge in [0, 0.05) is 6.54 Å². The number of rotatable bonds is 6. The molecule has 0 unspecified atom stereocenters. The third kappa shape index (κ3) is 2.97. The summed E-state index contributed by atoms with van der Waals surface area (Å²) in [5, 5.41) is 3.04. The number of aromatic nitrogens is 3. The van der Waals surface area contributed by atoms with Gasteiger partial charge in [-0.05, 0) is 25.5 Å². The average molecular weight is 248 g/mol. The normalized spacial score (nSPS) is 10.3. The van der Waals surface area contributed by atoms with E-state index in [0.717, 1.165) is 13.0 Å². The molecule has 1 N–H and O–H groups in total. The Morgan fingerprint density at radius 2 is 2.17 bits per heavy atom. The molecule has 0 aliphatic rings. The summed E-state index contributed by atoms with van der Waals surface area (Å²) in [7, 11) is 0. The zero-order valence-electron chi connectivity index (χ0n) is 10.5. The van der Waals surface area contributed by atoms with E-state index in [1.165, 1.54) is 0 Å². The highest BCUT2D eigenvalue weighted by atomic mass is 16.5. The molecule has 96 valence electrons. The topological polar surface area (TPSA) is 73.1 Å². The summed E-state index contributed by atoms with van der Waals surface area (Å²) in [4.78, 5) is 12.7. The van der Waals surface area contributed by atoms with E-state index in [1.807, 2.05) is 13.8 Å². The van der Waals surface area contributed by atoms with Crippen LogP contribution in [0.5, 0.6) is 6.01 Å². The predicted octanol–water partition coefficient (Wildman–Crippen LogP) is 2.35. The molecule has 6 heteroatoms. The second-order valence-electron chi connectivity index (χ2n) is 3.62. The van der Waals surface area contributed by atoms with Crippen LogP contribution in [0, 0.1) is 0 Å². The van der Waals surface area contributed by atoms with Crippen LogP contribution in [0.4, 0.5) is 5.95 Å². The Balaban J connectivity index is 2.30. The fourth-order valence-corrected chi connectivity index (χ4v) is 1.37. The maximum atomic E-state index is 5.44. The lowest BCUT2D eigenvalue weighted by atomic mass is 10.4. The molecule has 0 spiro atoms. The van der Waals surface area contributed by atoms with Gasteiger partial charge in [-0.3, -0.25) is 0 Å². The Morgan fingerprint density at radius 3 is 2.83 bits per heavy atom. The zero-order valence-corrected chi connectivity index (χ0v) is 10.5. The van der Waals surface area contributed by atoms with Crippen molar-refractivity contribution in [1.29, 1.82) is 0 Å². The maximum Gasteiger partial charge on any atom is 0.321 e. The third-order valence-corrected chi connectivity index (χ3v) is 2.13. The van der Waals surface area contributed by atoms with Crippen molar-refractivity contribution >= 4 is 5.95 Å². The molecule has 2 heterocycles. The molecule has 0 radical (unpaired) electrons. The Labute approximate surface area is 105 Å². The van der Waals surface area contributed by atoms with Crippen LogP contribution in [0.15, 0.2) is 22.8 Å². The van der Waals surface area contributed by atoms with Crippen molar-refractivity contribution in [1.82, 2.24) is 15.0 Å². The number of hydrogen-bond acceptors (Lipinski definition) is 6. The summed E-state index contributed by atoms with van der Waals surface area (Å²) < 4.78 is 10.7. The number of hydrogen-bond donors (Lipinski definition) is 1. The molecule has 0 atom stereocenters. The summed E-state index contributed by atoms with van der Waals surface area (Å²) in [5.41, 5.74) is 0. The lowest BCUT2D eigenvalue weighted by Crippen LogP contribution is -2.08. The van der Waals surface area contributed by atoms with E-state index in [1.54, 1.807) is 18.4 Å². The molecule has 0 bridgehead atoms. The van der Waals surface area contributed by atoms with Crippen LogP contribution in [-0.2, 0) is 0 Å². The SMILES string of the molecule is CCCOc1nc(NCC)nc(-c2ccco2)n1. The molecule has 0 amide bonds. The molecular formula is C12H16N4O2. The third-order valence-electron chi connectivity index (χ3n) is 2.13. The van der Waals surface area contributed by atoms with E-state index in [2.05, 4.69) is 20.3 Å². The van der Waals surface area contributed by atoms with Crippen LogP contribution in [-0.4, -0.2) is 28.1 Å². The molecule has 2 aromatic rings. The second-order valence-corrected chi connectivity index (χ2v) is 3.62. The van der Waals surface area contributed by atoms with E-state index in [9.17, 15) is 0 Å². The molecule has 0 aromatic carbocycles. The van der Waals surface area contributed by atoms with Gasteiger partial charge in [0.1, 0.15) is 0 Å². The van der Waals surface area contributed by atoms with Crippen molar-refractivity contribution in [2.45, 2.75) is 20.3 Å².